The van der Waals surface area contributed by atoms with Crippen LogP contribution >= 0.6 is 0 Å². The van der Waals surface area contributed by atoms with Gasteiger partial charge < -0.3 is 15.4 Å². The molecular formula is C22H20N4O2. The molecule has 1 aromatic heterocycles. The van der Waals surface area contributed by atoms with E-state index in [1.807, 2.05) is 44.2 Å². The summed E-state index contributed by atoms with van der Waals surface area (Å²) in [5.74, 6) is 0.405. The summed E-state index contributed by atoms with van der Waals surface area (Å²) in [7, 11) is 0. The molecule has 0 atom stereocenters. The summed E-state index contributed by atoms with van der Waals surface area (Å²) in [5.41, 5.74) is 2.87. The lowest BCUT2D eigenvalue weighted by molar-refractivity contribution is 0.102. The predicted octanol–water partition coefficient (Wildman–Crippen LogP) is 4.74. The molecule has 6 heteroatoms. The molecule has 28 heavy (non-hydrogen) atoms. The summed E-state index contributed by atoms with van der Waals surface area (Å²) in [6.45, 7) is 3.94. The Morgan fingerprint density at radius 1 is 1.07 bits per heavy atom. The summed E-state index contributed by atoms with van der Waals surface area (Å²) in [6, 6.07) is 19.8. The van der Waals surface area contributed by atoms with Gasteiger partial charge in [0.2, 0.25) is 0 Å². The number of anilines is 3. The average Bonchev–Trinajstić information content (AvgIpc) is 2.70. The van der Waals surface area contributed by atoms with Crippen LogP contribution in [0.3, 0.4) is 0 Å². The Kier molecular flexibility index (Phi) is 5.87. The lowest BCUT2D eigenvalue weighted by Crippen LogP contribution is -2.13. The third kappa shape index (κ3) is 4.86. The van der Waals surface area contributed by atoms with E-state index in [1.165, 1.54) is 0 Å². The maximum atomic E-state index is 12.4. The van der Waals surface area contributed by atoms with Gasteiger partial charge in [0.05, 0.1) is 35.3 Å². The standard InChI is InChI=1S/C22H20N4O2/c1-15(2)28-21-9-4-3-8-19(21)25-18-10-11-20(24-14-18)22(27)26-17-7-5-6-16(12-17)13-23/h3-12,14-15,25H,1-2H3,(H,26,27). The molecule has 0 unspecified atom stereocenters. The smallest absolute Gasteiger partial charge is 0.274 e. The van der Waals surface area contributed by atoms with E-state index < -0.39 is 0 Å². The topological polar surface area (TPSA) is 87.0 Å². The summed E-state index contributed by atoms with van der Waals surface area (Å²) in [4.78, 5) is 16.6. The molecule has 0 aliphatic heterocycles. The first-order valence-corrected chi connectivity index (χ1v) is 8.85. The van der Waals surface area contributed by atoms with Crippen LogP contribution in [0.2, 0.25) is 0 Å². The third-order valence-corrected chi connectivity index (χ3v) is 3.77. The number of hydrogen-bond acceptors (Lipinski definition) is 5. The Morgan fingerprint density at radius 2 is 1.89 bits per heavy atom. The van der Waals surface area contributed by atoms with Crippen molar-refractivity contribution in [1.29, 1.82) is 5.26 Å². The Labute approximate surface area is 163 Å². The van der Waals surface area contributed by atoms with Crippen molar-refractivity contribution in [3.05, 3.63) is 78.1 Å². The molecule has 0 aliphatic carbocycles. The number of nitrogens with zero attached hydrogens (tertiary/aromatic N) is 2. The van der Waals surface area contributed by atoms with Crippen LogP contribution in [-0.2, 0) is 0 Å². The molecular weight excluding hydrogens is 352 g/mol. The van der Waals surface area contributed by atoms with Crippen LogP contribution in [0.15, 0.2) is 66.9 Å². The van der Waals surface area contributed by atoms with Crippen LogP contribution < -0.4 is 15.4 Å². The highest BCUT2D eigenvalue weighted by atomic mass is 16.5. The quantitative estimate of drug-likeness (QED) is 0.653. The molecule has 1 amide bonds. The SMILES string of the molecule is CC(C)Oc1ccccc1Nc1ccc(C(=O)Nc2cccc(C#N)c2)nc1. The molecule has 2 aromatic carbocycles. The van der Waals surface area contributed by atoms with Gasteiger partial charge in [0, 0.05) is 5.69 Å². The molecule has 0 saturated heterocycles. The fourth-order valence-corrected chi connectivity index (χ4v) is 2.55. The molecule has 6 nitrogen and oxygen atoms in total. The van der Waals surface area contributed by atoms with Gasteiger partial charge in [-0.1, -0.05) is 18.2 Å². The van der Waals surface area contributed by atoms with Gasteiger partial charge >= 0.3 is 0 Å². The molecule has 0 bridgehead atoms. The Hall–Kier alpha value is -3.85. The summed E-state index contributed by atoms with van der Waals surface area (Å²) < 4.78 is 5.79. The molecule has 140 valence electrons. The van der Waals surface area contributed by atoms with Crippen molar-refractivity contribution < 1.29 is 9.53 Å². The van der Waals surface area contributed by atoms with Crippen molar-refractivity contribution in [1.82, 2.24) is 4.98 Å². The predicted molar refractivity (Wildman–Crippen MR) is 109 cm³/mol. The lowest BCUT2D eigenvalue weighted by atomic mass is 10.2. The Balaban J connectivity index is 1.70. The molecule has 0 spiro atoms. The van der Waals surface area contributed by atoms with E-state index >= 15 is 0 Å². The average molecular weight is 372 g/mol. The van der Waals surface area contributed by atoms with Crippen LogP contribution in [0.1, 0.15) is 29.9 Å². The number of carbonyl (C=O) groups excluding carboxylic acids is 1. The third-order valence-electron chi connectivity index (χ3n) is 3.77. The second-order valence-electron chi connectivity index (χ2n) is 6.37. The lowest BCUT2D eigenvalue weighted by Gasteiger charge is -2.15. The number of benzene rings is 2. The molecule has 0 fully saturated rings. The van der Waals surface area contributed by atoms with Gasteiger partial charge in [-0.2, -0.15) is 5.26 Å². The van der Waals surface area contributed by atoms with E-state index in [0.717, 1.165) is 17.1 Å². The van der Waals surface area contributed by atoms with Crippen molar-refractivity contribution in [2.45, 2.75) is 20.0 Å². The number of aromatic nitrogens is 1. The largest absolute Gasteiger partial charge is 0.489 e. The maximum absolute atomic E-state index is 12.4. The number of carbonyl (C=O) groups is 1. The highest BCUT2D eigenvalue weighted by Gasteiger charge is 2.09. The number of nitrogens with one attached hydrogen (secondary N) is 2. The first-order valence-electron chi connectivity index (χ1n) is 8.85. The second kappa shape index (κ2) is 8.69. The minimum atomic E-state index is -0.342. The van der Waals surface area contributed by atoms with E-state index in [0.29, 0.717) is 11.3 Å². The molecule has 2 N–H and O–H groups in total. The first-order chi connectivity index (χ1) is 13.5. The Bertz CT molecular complexity index is 1010. The minimum absolute atomic E-state index is 0.0617. The number of hydrogen-bond donors (Lipinski definition) is 2. The van der Waals surface area contributed by atoms with Crippen LogP contribution in [-0.4, -0.2) is 17.0 Å². The highest BCUT2D eigenvalue weighted by molar-refractivity contribution is 6.03. The van der Waals surface area contributed by atoms with E-state index in [9.17, 15) is 4.79 Å². The Morgan fingerprint density at radius 3 is 2.61 bits per heavy atom. The number of ether oxygens (including phenoxy) is 1. The number of nitriles is 1. The zero-order valence-electron chi connectivity index (χ0n) is 15.6. The van der Waals surface area contributed by atoms with Crippen molar-refractivity contribution in [2.24, 2.45) is 0 Å². The summed E-state index contributed by atoms with van der Waals surface area (Å²) >= 11 is 0. The van der Waals surface area contributed by atoms with Crippen molar-refractivity contribution in [3.63, 3.8) is 0 Å². The number of amides is 1. The molecule has 1 heterocycles. The van der Waals surface area contributed by atoms with Gasteiger partial charge in [-0.05, 0) is 56.3 Å². The highest BCUT2D eigenvalue weighted by Crippen LogP contribution is 2.28. The number of para-hydroxylation sites is 2. The van der Waals surface area contributed by atoms with Crippen LogP contribution in [0, 0.1) is 11.3 Å². The normalized spacial score (nSPS) is 10.2. The van der Waals surface area contributed by atoms with E-state index in [2.05, 4.69) is 15.6 Å². The van der Waals surface area contributed by atoms with Gasteiger partial charge in [-0.25, -0.2) is 4.98 Å². The van der Waals surface area contributed by atoms with Crippen LogP contribution in [0.25, 0.3) is 0 Å². The minimum Gasteiger partial charge on any atom is -0.489 e. The maximum Gasteiger partial charge on any atom is 0.274 e. The van der Waals surface area contributed by atoms with Gasteiger partial charge in [-0.3, -0.25) is 4.79 Å². The molecule has 0 aliphatic rings. The van der Waals surface area contributed by atoms with Crippen molar-refractivity contribution >= 4 is 23.0 Å². The number of pyridine rings is 1. The van der Waals surface area contributed by atoms with E-state index in [4.69, 9.17) is 10.00 Å². The summed E-state index contributed by atoms with van der Waals surface area (Å²) in [5, 5.41) is 14.9. The zero-order valence-corrected chi connectivity index (χ0v) is 15.6. The fraction of sp³-hybridized carbons (Fsp3) is 0.136. The molecule has 0 saturated carbocycles. The van der Waals surface area contributed by atoms with Crippen LogP contribution in [0.4, 0.5) is 17.1 Å². The van der Waals surface area contributed by atoms with Crippen molar-refractivity contribution in [2.75, 3.05) is 10.6 Å². The first kappa shape index (κ1) is 18.9. The van der Waals surface area contributed by atoms with Gasteiger partial charge in [0.15, 0.2) is 0 Å². The van der Waals surface area contributed by atoms with E-state index in [-0.39, 0.29) is 17.7 Å². The summed E-state index contributed by atoms with van der Waals surface area (Å²) in [6.07, 6.45) is 1.65. The van der Waals surface area contributed by atoms with Crippen LogP contribution in [0.5, 0.6) is 5.75 Å². The van der Waals surface area contributed by atoms with Gasteiger partial charge in [0.1, 0.15) is 11.4 Å². The second-order valence-corrected chi connectivity index (χ2v) is 6.37. The van der Waals surface area contributed by atoms with Gasteiger partial charge in [-0.15, -0.1) is 0 Å². The monoisotopic (exact) mass is 372 g/mol. The molecule has 0 radical (unpaired) electrons. The fourth-order valence-electron chi connectivity index (χ4n) is 2.55. The molecule has 3 rings (SSSR count). The van der Waals surface area contributed by atoms with Crippen molar-refractivity contribution in [3.8, 4) is 11.8 Å². The van der Waals surface area contributed by atoms with Gasteiger partial charge in [0.25, 0.3) is 5.91 Å². The van der Waals surface area contributed by atoms with E-state index in [1.54, 1.807) is 42.6 Å². The molecule has 3 aromatic rings. The number of rotatable bonds is 6. The zero-order chi connectivity index (χ0) is 19.9.